The molecule has 28 heavy (non-hydrogen) atoms. The molecule has 3 rings (SSSR count). The van der Waals surface area contributed by atoms with Gasteiger partial charge in [-0.2, -0.15) is 0 Å². The lowest BCUT2D eigenvalue weighted by Crippen LogP contribution is -2.46. The van der Waals surface area contributed by atoms with Crippen LogP contribution in [0, 0.1) is 11.8 Å². The molecule has 3 fully saturated rings. The van der Waals surface area contributed by atoms with E-state index in [1.165, 1.54) is 12.8 Å². The Kier molecular flexibility index (Phi) is 8.40. The molecule has 160 valence electrons. The summed E-state index contributed by atoms with van der Waals surface area (Å²) in [6.45, 7) is 12.5. The Bertz CT molecular complexity index is 515. The predicted octanol–water partition coefficient (Wildman–Crippen LogP) is 1.30. The zero-order valence-corrected chi connectivity index (χ0v) is 17.8. The Morgan fingerprint density at radius 3 is 2.64 bits per heavy atom. The van der Waals surface area contributed by atoms with Gasteiger partial charge in [0.15, 0.2) is 5.96 Å². The van der Waals surface area contributed by atoms with Gasteiger partial charge < -0.3 is 20.3 Å². The van der Waals surface area contributed by atoms with Crippen molar-refractivity contribution in [2.45, 2.75) is 52.0 Å². The van der Waals surface area contributed by atoms with Crippen molar-refractivity contribution < 1.29 is 9.53 Å². The molecular weight excluding hydrogens is 354 g/mol. The number of amides is 1. The summed E-state index contributed by atoms with van der Waals surface area (Å²) < 4.78 is 5.43. The van der Waals surface area contributed by atoms with Gasteiger partial charge >= 0.3 is 0 Å². The first-order valence-electron chi connectivity index (χ1n) is 11.3. The van der Waals surface area contributed by atoms with Crippen LogP contribution < -0.4 is 10.6 Å². The van der Waals surface area contributed by atoms with Gasteiger partial charge in [0.05, 0.1) is 13.2 Å². The molecule has 2 unspecified atom stereocenters. The molecule has 1 aliphatic carbocycles. The molecule has 7 nitrogen and oxygen atoms in total. The fraction of sp³-hybridized carbons (Fsp3) is 0.905. The van der Waals surface area contributed by atoms with Crippen LogP contribution in [0.1, 0.15) is 46.0 Å². The number of carbonyl (C=O) groups is 1. The predicted molar refractivity (Wildman–Crippen MR) is 112 cm³/mol. The highest BCUT2D eigenvalue weighted by Gasteiger charge is 2.32. The van der Waals surface area contributed by atoms with Crippen molar-refractivity contribution >= 4 is 11.9 Å². The van der Waals surface area contributed by atoms with Crippen LogP contribution in [0.2, 0.25) is 0 Å². The van der Waals surface area contributed by atoms with Crippen LogP contribution >= 0.6 is 0 Å². The van der Waals surface area contributed by atoms with Gasteiger partial charge in [0.2, 0.25) is 5.91 Å². The zero-order chi connectivity index (χ0) is 19.8. The Labute approximate surface area is 170 Å². The van der Waals surface area contributed by atoms with Crippen LogP contribution in [0.15, 0.2) is 4.99 Å². The van der Waals surface area contributed by atoms with Crippen LogP contribution in [-0.4, -0.2) is 86.7 Å². The number of aliphatic imine (C=N–C) groups is 1. The Balaban J connectivity index is 1.44. The normalized spacial score (nSPS) is 25.9. The average molecular weight is 394 g/mol. The first-order valence-corrected chi connectivity index (χ1v) is 11.3. The third kappa shape index (κ3) is 6.34. The standard InChI is InChI=1S/C21H39N5O2/c1-3-22-21(23-14-17(2)15-25-10-12-28-13-11-25)24-19-8-9-26(16-19)20(27)18-6-4-5-7-18/h17-19H,3-16H2,1-2H3,(H2,22,23,24). The highest BCUT2D eigenvalue weighted by molar-refractivity contribution is 5.81. The number of hydrogen-bond acceptors (Lipinski definition) is 4. The van der Waals surface area contributed by atoms with E-state index in [0.29, 0.717) is 17.9 Å². The molecule has 0 aromatic heterocycles. The maximum atomic E-state index is 12.6. The number of ether oxygens (including phenoxy) is 1. The van der Waals surface area contributed by atoms with Crippen molar-refractivity contribution in [3.05, 3.63) is 0 Å². The molecule has 2 atom stereocenters. The fourth-order valence-corrected chi connectivity index (χ4v) is 4.55. The summed E-state index contributed by atoms with van der Waals surface area (Å²) in [6, 6.07) is 0.303. The molecule has 7 heteroatoms. The monoisotopic (exact) mass is 393 g/mol. The van der Waals surface area contributed by atoms with E-state index in [9.17, 15) is 4.79 Å². The number of likely N-dealkylation sites (tertiary alicyclic amines) is 1. The molecule has 2 heterocycles. The largest absolute Gasteiger partial charge is 0.379 e. The molecule has 0 aromatic rings. The maximum Gasteiger partial charge on any atom is 0.225 e. The third-order valence-corrected chi connectivity index (χ3v) is 6.12. The van der Waals surface area contributed by atoms with E-state index in [1.807, 2.05) is 0 Å². The van der Waals surface area contributed by atoms with E-state index in [1.54, 1.807) is 0 Å². The lowest BCUT2D eigenvalue weighted by atomic mass is 10.1. The van der Waals surface area contributed by atoms with Crippen LogP contribution in [0.3, 0.4) is 0 Å². The minimum absolute atomic E-state index is 0.279. The second kappa shape index (κ2) is 11.0. The smallest absolute Gasteiger partial charge is 0.225 e. The van der Waals surface area contributed by atoms with Gasteiger partial charge in [-0.05, 0) is 32.1 Å². The number of rotatable bonds is 7. The van der Waals surface area contributed by atoms with Gasteiger partial charge in [-0.15, -0.1) is 0 Å². The van der Waals surface area contributed by atoms with Crippen LogP contribution in [0.5, 0.6) is 0 Å². The SMILES string of the molecule is CCNC(=NCC(C)CN1CCOCC1)NC1CCN(C(=O)C2CCCC2)C1. The lowest BCUT2D eigenvalue weighted by molar-refractivity contribution is -0.134. The summed E-state index contributed by atoms with van der Waals surface area (Å²) >= 11 is 0. The molecule has 2 N–H and O–H groups in total. The van der Waals surface area contributed by atoms with E-state index >= 15 is 0 Å². The number of nitrogens with zero attached hydrogens (tertiary/aromatic N) is 3. The minimum Gasteiger partial charge on any atom is -0.379 e. The summed E-state index contributed by atoms with van der Waals surface area (Å²) in [7, 11) is 0. The molecule has 2 aliphatic heterocycles. The van der Waals surface area contributed by atoms with E-state index in [2.05, 4.69) is 34.3 Å². The number of carbonyl (C=O) groups excluding carboxylic acids is 1. The Morgan fingerprint density at radius 2 is 1.93 bits per heavy atom. The molecule has 1 amide bonds. The molecule has 3 aliphatic rings. The van der Waals surface area contributed by atoms with Crippen LogP contribution in [0.25, 0.3) is 0 Å². The van der Waals surface area contributed by atoms with E-state index in [4.69, 9.17) is 9.73 Å². The van der Waals surface area contributed by atoms with Crippen LogP contribution in [0.4, 0.5) is 0 Å². The summed E-state index contributed by atoms with van der Waals surface area (Å²) in [4.78, 5) is 22.0. The zero-order valence-electron chi connectivity index (χ0n) is 17.8. The number of nitrogens with one attached hydrogen (secondary N) is 2. The fourth-order valence-electron chi connectivity index (χ4n) is 4.55. The van der Waals surface area contributed by atoms with Crippen molar-refractivity contribution in [1.82, 2.24) is 20.4 Å². The van der Waals surface area contributed by atoms with Crippen molar-refractivity contribution in [2.75, 3.05) is 59.0 Å². The van der Waals surface area contributed by atoms with Gasteiger partial charge in [0, 0.05) is 57.8 Å². The van der Waals surface area contributed by atoms with Gasteiger partial charge in [0.1, 0.15) is 0 Å². The molecule has 0 aromatic carbocycles. The second-order valence-electron chi connectivity index (χ2n) is 8.63. The summed E-state index contributed by atoms with van der Waals surface area (Å²) in [5.41, 5.74) is 0. The molecule has 1 saturated carbocycles. The molecule has 2 saturated heterocycles. The first-order chi connectivity index (χ1) is 13.7. The second-order valence-corrected chi connectivity index (χ2v) is 8.63. The minimum atomic E-state index is 0.279. The Hall–Kier alpha value is -1.34. The number of guanidine groups is 1. The quantitative estimate of drug-likeness (QED) is 0.504. The van der Waals surface area contributed by atoms with Gasteiger partial charge in [0.25, 0.3) is 0 Å². The van der Waals surface area contributed by atoms with E-state index in [-0.39, 0.29) is 5.92 Å². The average Bonchev–Trinajstić information content (AvgIpc) is 3.39. The van der Waals surface area contributed by atoms with Crippen molar-refractivity contribution in [3.8, 4) is 0 Å². The molecule has 0 radical (unpaired) electrons. The summed E-state index contributed by atoms with van der Waals surface area (Å²) in [5.74, 6) is 2.05. The van der Waals surface area contributed by atoms with Crippen LogP contribution in [-0.2, 0) is 9.53 Å². The van der Waals surface area contributed by atoms with Crippen molar-refractivity contribution in [3.63, 3.8) is 0 Å². The molecule has 0 spiro atoms. The van der Waals surface area contributed by atoms with E-state index < -0.39 is 0 Å². The van der Waals surface area contributed by atoms with Gasteiger partial charge in [-0.25, -0.2) is 0 Å². The highest BCUT2D eigenvalue weighted by atomic mass is 16.5. The summed E-state index contributed by atoms with van der Waals surface area (Å²) in [6.07, 6.45) is 5.60. The summed E-state index contributed by atoms with van der Waals surface area (Å²) in [5, 5.41) is 6.93. The maximum absolute atomic E-state index is 12.6. The van der Waals surface area contributed by atoms with E-state index in [0.717, 1.165) is 84.2 Å². The highest BCUT2D eigenvalue weighted by Crippen LogP contribution is 2.27. The van der Waals surface area contributed by atoms with Crippen molar-refractivity contribution in [2.24, 2.45) is 16.8 Å². The lowest BCUT2D eigenvalue weighted by Gasteiger charge is -2.28. The Morgan fingerprint density at radius 1 is 1.18 bits per heavy atom. The molecular formula is C21H39N5O2. The van der Waals surface area contributed by atoms with Gasteiger partial charge in [-0.3, -0.25) is 14.7 Å². The number of hydrogen-bond donors (Lipinski definition) is 2. The van der Waals surface area contributed by atoms with Crippen molar-refractivity contribution in [1.29, 1.82) is 0 Å². The third-order valence-electron chi connectivity index (χ3n) is 6.12. The van der Waals surface area contributed by atoms with Gasteiger partial charge in [-0.1, -0.05) is 19.8 Å². The first kappa shape index (κ1) is 21.4. The molecule has 0 bridgehead atoms. The topological polar surface area (TPSA) is 69.2 Å². The number of morpholine rings is 1.